The molecular weight excluding hydrogens is 348 g/mol. The Hall–Kier alpha value is -3.55. The average Bonchev–Trinajstić information content (AvgIpc) is 2.68. The summed E-state index contributed by atoms with van der Waals surface area (Å²) in [5.74, 6) is -1.83. The normalized spacial score (nSPS) is 11.9. The Kier molecular flexibility index (Phi) is 5.55. The molecule has 0 bridgehead atoms. The number of hydrogen-bond donors (Lipinski definition) is 1. The van der Waals surface area contributed by atoms with Gasteiger partial charge in [-0.05, 0) is 24.1 Å². The molecule has 27 heavy (non-hydrogen) atoms. The third-order valence-corrected chi connectivity index (χ3v) is 4.08. The Bertz CT molecular complexity index is 1020. The molecule has 0 aliphatic rings. The largest absolute Gasteiger partial charge is 0.548 e. The molecule has 3 rings (SSSR count). The first-order chi connectivity index (χ1) is 13.1. The van der Waals surface area contributed by atoms with Crippen LogP contribution < -0.4 is 16.0 Å². The maximum atomic E-state index is 12.3. The van der Waals surface area contributed by atoms with Crippen molar-refractivity contribution < 1.29 is 14.7 Å². The number of aromatic nitrogens is 3. The summed E-state index contributed by atoms with van der Waals surface area (Å²) in [5.41, 5.74) is 0.663. The monoisotopic (exact) mass is 365 g/mol. The SMILES string of the molecule is O=C(CCCn1nnc2ccccc2c1=O)N[C@H](C(=O)[O-])c1ccccc1. The fraction of sp³-hybridized carbons (Fsp3) is 0.211. The van der Waals surface area contributed by atoms with Crippen LogP contribution in [0.3, 0.4) is 0 Å². The number of nitrogens with zero attached hydrogens (tertiary/aromatic N) is 3. The third kappa shape index (κ3) is 4.35. The van der Waals surface area contributed by atoms with Gasteiger partial charge in [0, 0.05) is 13.0 Å². The molecule has 1 heterocycles. The molecular formula is C19H17N4O4-. The Morgan fingerprint density at radius 2 is 1.78 bits per heavy atom. The number of rotatable bonds is 7. The van der Waals surface area contributed by atoms with E-state index in [1.54, 1.807) is 54.6 Å². The van der Waals surface area contributed by atoms with Crippen LogP contribution in [0.4, 0.5) is 0 Å². The van der Waals surface area contributed by atoms with Crippen molar-refractivity contribution in [1.82, 2.24) is 20.3 Å². The lowest BCUT2D eigenvalue weighted by Gasteiger charge is -2.20. The van der Waals surface area contributed by atoms with Gasteiger partial charge in [0.1, 0.15) is 5.52 Å². The van der Waals surface area contributed by atoms with Crippen molar-refractivity contribution in [2.24, 2.45) is 0 Å². The van der Waals surface area contributed by atoms with Crippen LogP contribution in [0.2, 0.25) is 0 Å². The zero-order chi connectivity index (χ0) is 19.2. The van der Waals surface area contributed by atoms with Gasteiger partial charge >= 0.3 is 0 Å². The van der Waals surface area contributed by atoms with E-state index in [2.05, 4.69) is 15.6 Å². The van der Waals surface area contributed by atoms with Crippen molar-refractivity contribution in [1.29, 1.82) is 0 Å². The van der Waals surface area contributed by atoms with Gasteiger partial charge in [0.15, 0.2) is 0 Å². The van der Waals surface area contributed by atoms with Crippen molar-refractivity contribution in [2.75, 3.05) is 0 Å². The lowest BCUT2D eigenvalue weighted by atomic mass is 10.1. The second-order valence-corrected chi connectivity index (χ2v) is 5.97. The number of benzene rings is 2. The van der Waals surface area contributed by atoms with E-state index in [1.165, 1.54) is 4.68 Å². The van der Waals surface area contributed by atoms with Gasteiger partial charge in [-0.15, -0.1) is 5.10 Å². The van der Waals surface area contributed by atoms with Gasteiger partial charge in [0.25, 0.3) is 5.56 Å². The molecule has 0 aliphatic heterocycles. The summed E-state index contributed by atoms with van der Waals surface area (Å²) in [5, 5.41) is 22.0. The molecule has 3 aromatic rings. The first-order valence-electron chi connectivity index (χ1n) is 8.44. The molecule has 0 saturated heterocycles. The summed E-state index contributed by atoms with van der Waals surface area (Å²) in [6.07, 6.45) is 0.352. The van der Waals surface area contributed by atoms with E-state index in [1.807, 2.05) is 0 Å². The van der Waals surface area contributed by atoms with Crippen molar-refractivity contribution in [2.45, 2.75) is 25.4 Å². The molecule has 1 aromatic heterocycles. The van der Waals surface area contributed by atoms with E-state index < -0.39 is 17.9 Å². The van der Waals surface area contributed by atoms with Crippen LogP contribution in [-0.4, -0.2) is 26.9 Å². The number of aliphatic carboxylic acids is 1. The van der Waals surface area contributed by atoms with Gasteiger partial charge in [0.05, 0.1) is 17.4 Å². The van der Waals surface area contributed by atoms with Crippen molar-refractivity contribution in [3.05, 3.63) is 70.5 Å². The molecule has 1 N–H and O–H groups in total. The number of fused-ring (bicyclic) bond motifs is 1. The highest BCUT2D eigenvalue weighted by atomic mass is 16.4. The number of carbonyl (C=O) groups is 2. The van der Waals surface area contributed by atoms with Crippen LogP contribution in [0.25, 0.3) is 10.9 Å². The molecule has 0 fully saturated rings. The predicted molar refractivity (Wildman–Crippen MR) is 95.4 cm³/mol. The van der Waals surface area contributed by atoms with Crippen LogP contribution in [0.1, 0.15) is 24.4 Å². The number of carboxylic acid groups (broad SMARTS) is 1. The van der Waals surface area contributed by atoms with Gasteiger partial charge in [-0.3, -0.25) is 9.59 Å². The molecule has 0 aliphatic carbocycles. The Labute approximate surface area is 154 Å². The maximum absolute atomic E-state index is 12.3. The molecule has 1 atom stereocenters. The Morgan fingerprint density at radius 3 is 2.52 bits per heavy atom. The Balaban J connectivity index is 1.60. The lowest BCUT2D eigenvalue weighted by Crippen LogP contribution is -2.41. The van der Waals surface area contributed by atoms with Crippen LogP contribution >= 0.6 is 0 Å². The number of amides is 1. The summed E-state index contributed by atoms with van der Waals surface area (Å²) in [4.78, 5) is 35.7. The van der Waals surface area contributed by atoms with Crippen LogP contribution in [0, 0.1) is 0 Å². The zero-order valence-corrected chi connectivity index (χ0v) is 14.4. The maximum Gasteiger partial charge on any atom is 0.277 e. The van der Waals surface area contributed by atoms with E-state index in [0.717, 1.165) is 0 Å². The van der Waals surface area contributed by atoms with E-state index in [4.69, 9.17) is 0 Å². The van der Waals surface area contributed by atoms with Crippen LogP contribution in [0.5, 0.6) is 0 Å². The minimum atomic E-state index is -1.38. The van der Waals surface area contributed by atoms with Gasteiger partial charge in [-0.2, -0.15) is 0 Å². The smallest absolute Gasteiger partial charge is 0.277 e. The van der Waals surface area contributed by atoms with Crippen molar-refractivity contribution >= 4 is 22.8 Å². The second-order valence-electron chi connectivity index (χ2n) is 5.97. The molecule has 138 valence electrons. The molecule has 1 amide bonds. The van der Waals surface area contributed by atoms with Crippen molar-refractivity contribution in [3.8, 4) is 0 Å². The fourth-order valence-corrected chi connectivity index (χ4v) is 2.72. The van der Waals surface area contributed by atoms with Crippen LogP contribution in [-0.2, 0) is 16.1 Å². The summed E-state index contributed by atoms with van der Waals surface area (Å²) < 4.78 is 1.20. The molecule has 2 aromatic carbocycles. The fourth-order valence-electron chi connectivity index (χ4n) is 2.72. The zero-order valence-electron chi connectivity index (χ0n) is 14.4. The molecule has 8 nitrogen and oxygen atoms in total. The standard InChI is InChI=1S/C19H18N4O4/c24-16(20-17(19(26)27)13-7-2-1-3-8-13)11-6-12-23-18(25)14-9-4-5-10-15(14)21-22-23/h1-5,7-10,17H,6,11-12H2,(H,20,24)(H,26,27)/p-1/t17-/m0/s1. The highest BCUT2D eigenvalue weighted by Gasteiger charge is 2.15. The number of aryl methyl sites for hydroxylation is 1. The molecule has 0 spiro atoms. The van der Waals surface area contributed by atoms with E-state index in [9.17, 15) is 19.5 Å². The highest BCUT2D eigenvalue weighted by molar-refractivity contribution is 5.83. The summed E-state index contributed by atoms with van der Waals surface area (Å²) in [7, 11) is 0. The lowest BCUT2D eigenvalue weighted by molar-refractivity contribution is -0.308. The Morgan fingerprint density at radius 1 is 1.07 bits per heavy atom. The molecule has 8 heteroatoms. The topological polar surface area (TPSA) is 117 Å². The van der Waals surface area contributed by atoms with E-state index >= 15 is 0 Å². The summed E-state index contributed by atoms with van der Waals surface area (Å²) in [6.45, 7) is 0.200. The minimum Gasteiger partial charge on any atom is -0.548 e. The van der Waals surface area contributed by atoms with E-state index in [0.29, 0.717) is 22.9 Å². The van der Waals surface area contributed by atoms with Gasteiger partial charge in [-0.25, -0.2) is 4.68 Å². The van der Waals surface area contributed by atoms with Crippen molar-refractivity contribution in [3.63, 3.8) is 0 Å². The van der Waals surface area contributed by atoms with E-state index in [-0.39, 0.29) is 18.5 Å². The first-order valence-corrected chi connectivity index (χ1v) is 8.44. The summed E-state index contributed by atoms with van der Waals surface area (Å²) >= 11 is 0. The molecule has 0 saturated carbocycles. The third-order valence-electron chi connectivity index (χ3n) is 4.08. The number of carboxylic acids is 1. The number of carbonyl (C=O) groups excluding carboxylic acids is 2. The molecule has 0 radical (unpaired) electrons. The first kappa shape index (κ1) is 18.2. The molecule has 0 unspecified atom stereocenters. The van der Waals surface area contributed by atoms with Gasteiger partial charge in [0.2, 0.25) is 5.91 Å². The average molecular weight is 365 g/mol. The summed E-state index contributed by atoms with van der Waals surface area (Å²) in [6, 6.07) is 14.0. The quantitative estimate of drug-likeness (QED) is 0.638. The number of nitrogens with one attached hydrogen (secondary N) is 1. The second kappa shape index (κ2) is 8.22. The number of hydrogen-bond acceptors (Lipinski definition) is 6. The van der Waals surface area contributed by atoms with Gasteiger partial charge < -0.3 is 15.2 Å². The highest BCUT2D eigenvalue weighted by Crippen LogP contribution is 2.12. The predicted octanol–water partition coefficient (Wildman–Crippen LogP) is 0.179. The van der Waals surface area contributed by atoms with Gasteiger partial charge in [-0.1, -0.05) is 47.7 Å². The van der Waals surface area contributed by atoms with Crippen LogP contribution in [0.15, 0.2) is 59.4 Å². The minimum absolute atomic E-state index is 0.0392.